The maximum atomic E-state index is 13.0. The molecule has 0 unspecified atom stereocenters. The van der Waals surface area contributed by atoms with E-state index in [1.165, 1.54) is 18.9 Å². The zero-order chi connectivity index (χ0) is 25.5. The van der Waals surface area contributed by atoms with Gasteiger partial charge < -0.3 is 19.5 Å². The summed E-state index contributed by atoms with van der Waals surface area (Å²) in [5.74, 6) is -2.10. The fourth-order valence-electron chi connectivity index (χ4n) is 3.66. The SMILES string of the molecule is CCOc1c(Cl)cc([C@@H]2C(C#N)=C(SCCOc3ccc(C)cc3)NC(=O)[C@H]2C(=O)OC)cc1Cl. The van der Waals surface area contributed by atoms with E-state index in [9.17, 15) is 14.9 Å². The van der Waals surface area contributed by atoms with Crippen molar-refractivity contribution in [3.8, 4) is 17.6 Å². The topological polar surface area (TPSA) is 97.6 Å². The molecule has 1 aliphatic heterocycles. The Bertz CT molecular complexity index is 1150. The zero-order valence-corrected chi connectivity index (χ0v) is 21.7. The third-order valence-corrected chi connectivity index (χ3v) is 6.81. The minimum Gasteiger partial charge on any atom is -0.493 e. The maximum absolute atomic E-state index is 13.0. The number of thioether (sulfide) groups is 1. The number of carbonyl (C=O) groups excluding carboxylic acids is 2. The van der Waals surface area contributed by atoms with E-state index in [-0.39, 0.29) is 15.6 Å². The van der Waals surface area contributed by atoms with Gasteiger partial charge in [0.2, 0.25) is 5.91 Å². The van der Waals surface area contributed by atoms with Crippen molar-refractivity contribution in [2.75, 3.05) is 26.1 Å². The summed E-state index contributed by atoms with van der Waals surface area (Å²) in [7, 11) is 1.19. The molecular formula is C25H24Cl2N2O5S. The fourth-order valence-corrected chi connectivity index (χ4v) is 5.14. The standard InChI is InChI=1S/C25H24Cl2N2O5S/c1-4-33-22-18(26)11-15(12-19(22)27)20-17(13-28)24(29-23(30)21(20)25(31)32-3)35-10-9-34-16-7-5-14(2)6-8-16/h5-8,11-12,20-21H,4,9-10H2,1-3H3,(H,29,30)/t20-,21+/m1/s1. The average Bonchev–Trinajstić information content (AvgIpc) is 2.84. The smallest absolute Gasteiger partial charge is 0.319 e. The van der Waals surface area contributed by atoms with Crippen molar-refractivity contribution >= 4 is 46.8 Å². The monoisotopic (exact) mass is 534 g/mol. The van der Waals surface area contributed by atoms with Crippen molar-refractivity contribution in [2.45, 2.75) is 19.8 Å². The molecule has 2 aromatic carbocycles. The average molecular weight is 535 g/mol. The minimum atomic E-state index is -1.28. The second-order valence-electron chi connectivity index (χ2n) is 7.58. The van der Waals surface area contributed by atoms with Gasteiger partial charge in [-0.25, -0.2) is 0 Å². The van der Waals surface area contributed by atoms with Crippen molar-refractivity contribution in [1.82, 2.24) is 5.32 Å². The lowest BCUT2D eigenvalue weighted by Crippen LogP contribution is -2.44. The minimum absolute atomic E-state index is 0.205. The molecule has 0 saturated heterocycles. The first kappa shape index (κ1) is 26.7. The Morgan fingerprint density at radius 2 is 1.83 bits per heavy atom. The van der Waals surface area contributed by atoms with Crippen molar-refractivity contribution in [2.24, 2.45) is 5.92 Å². The van der Waals surface area contributed by atoms with Crippen LogP contribution in [0.2, 0.25) is 10.0 Å². The van der Waals surface area contributed by atoms with Gasteiger partial charge in [-0.1, -0.05) is 40.9 Å². The number of benzene rings is 2. The number of carbonyl (C=O) groups is 2. The van der Waals surface area contributed by atoms with Crippen LogP contribution in [0.3, 0.4) is 0 Å². The van der Waals surface area contributed by atoms with E-state index >= 15 is 0 Å². The molecule has 3 rings (SSSR count). The number of methoxy groups -OCH3 is 1. The van der Waals surface area contributed by atoms with Crippen LogP contribution in [0.1, 0.15) is 24.0 Å². The summed E-state index contributed by atoms with van der Waals surface area (Å²) in [6.45, 7) is 4.48. The molecule has 2 atom stereocenters. The summed E-state index contributed by atoms with van der Waals surface area (Å²) in [6, 6.07) is 12.9. The van der Waals surface area contributed by atoms with Gasteiger partial charge in [0.05, 0.1) is 47.0 Å². The van der Waals surface area contributed by atoms with Gasteiger partial charge in [0.1, 0.15) is 11.7 Å². The predicted molar refractivity (Wildman–Crippen MR) is 136 cm³/mol. The summed E-state index contributed by atoms with van der Waals surface area (Å²) < 4.78 is 16.1. The Morgan fingerprint density at radius 3 is 2.40 bits per heavy atom. The van der Waals surface area contributed by atoms with E-state index in [4.69, 9.17) is 37.4 Å². The number of rotatable bonds is 9. The van der Waals surface area contributed by atoms with Gasteiger partial charge in [-0.05, 0) is 43.7 Å². The van der Waals surface area contributed by atoms with Crippen LogP contribution in [0.25, 0.3) is 0 Å². The Hall–Kier alpha value is -2.86. The predicted octanol–water partition coefficient (Wildman–Crippen LogP) is 5.25. The molecular weight excluding hydrogens is 511 g/mol. The summed E-state index contributed by atoms with van der Waals surface area (Å²) in [4.78, 5) is 25.6. The molecule has 184 valence electrons. The molecule has 0 bridgehead atoms. The number of esters is 1. The van der Waals surface area contributed by atoms with Gasteiger partial charge in [0.15, 0.2) is 5.75 Å². The summed E-state index contributed by atoms with van der Waals surface area (Å²) >= 11 is 14.0. The molecule has 35 heavy (non-hydrogen) atoms. The lowest BCUT2D eigenvalue weighted by atomic mass is 9.78. The number of ether oxygens (including phenoxy) is 3. The van der Waals surface area contributed by atoms with E-state index in [1.807, 2.05) is 31.2 Å². The lowest BCUT2D eigenvalue weighted by Gasteiger charge is -2.31. The van der Waals surface area contributed by atoms with Crippen molar-refractivity contribution < 1.29 is 23.8 Å². The maximum Gasteiger partial charge on any atom is 0.319 e. The first-order valence-electron chi connectivity index (χ1n) is 10.8. The van der Waals surface area contributed by atoms with Crippen molar-refractivity contribution in [1.29, 1.82) is 5.26 Å². The van der Waals surface area contributed by atoms with E-state index in [2.05, 4.69) is 11.4 Å². The quantitative estimate of drug-likeness (QED) is 0.266. The molecule has 1 aliphatic rings. The highest BCUT2D eigenvalue weighted by Crippen LogP contribution is 2.44. The molecule has 7 nitrogen and oxygen atoms in total. The van der Waals surface area contributed by atoms with E-state index < -0.39 is 23.7 Å². The van der Waals surface area contributed by atoms with Crippen LogP contribution in [0.4, 0.5) is 0 Å². The normalized spacial score (nSPS) is 17.4. The number of nitriles is 1. The molecule has 0 saturated carbocycles. The van der Waals surface area contributed by atoms with Crippen LogP contribution in [0.15, 0.2) is 47.0 Å². The summed E-state index contributed by atoms with van der Waals surface area (Å²) in [6.07, 6.45) is 0. The van der Waals surface area contributed by atoms with Gasteiger partial charge >= 0.3 is 5.97 Å². The second-order valence-corrected chi connectivity index (χ2v) is 9.50. The Balaban J connectivity index is 1.92. The Labute approximate surface area is 218 Å². The largest absolute Gasteiger partial charge is 0.493 e. The number of halogens is 2. The van der Waals surface area contributed by atoms with E-state index in [1.54, 1.807) is 19.1 Å². The molecule has 2 aromatic rings. The third kappa shape index (κ3) is 6.23. The number of aryl methyl sites for hydroxylation is 1. The molecule has 0 spiro atoms. The van der Waals surface area contributed by atoms with Crippen LogP contribution in [0, 0.1) is 24.2 Å². The first-order valence-corrected chi connectivity index (χ1v) is 12.5. The number of allylic oxidation sites excluding steroid dienone is 1. The highest BCUT2D eigenvalue weighted by Gasteiger charge is 2.44. The van der Waals surface area contributed by atoms with Crippen LogP contribution < -0.4 is 14.8 Å². The van der Waals surface area contributed by atoms with E-state index in [0.29, 0.717) is 35.3 Å². The highest BCUT2D eigenvalue weighted by atomic mass is 35.5. The van der Waals surface area contributed by atoms with Crippen LogP contribution in [0.5, 0.6) is 11.5 Å². The summed E-state index contributed by atoms with van der Waals surface area (Å²) in [5.41, 5.74) is 1.76. The van der Waals surface area contributed by atoms with Gasteiger partial charge in [0.25, 0.3) is 0 Å². The third-order valence-electron chi connectivity index (χ3n) is 5.27. The lowest BCUT2D eigenvalue weighted by molar-refractivity contribution is -0.150. The molecule has 0 aromatic heterocycles. The number of amides is 1. The van der Waals surface area contributed by atoms with Crippen LogP contribution >= 0.6 is 35.0 Å². The Kier molecular flexibility index (Phi) is 9.33. The fraction of sp³-hybridized carbons (Fsp3) is 0.320. The number of hydrogen-bond acceptors (Lipinski definition) is 7. The van der Waals surface area contributed by atoms with Crippen molar-refractivity contribution in [3.05, 3.63) is 68.2 Å². The number of nitrogens with one attached hydrogen (secondary N) is 1. The number of nitrogens with zero attached hydrogens (tertiary/aromatic N) is 1. The highest BCUT2D eigenvalue weighted by molar-refractivity contribution is 8.03. The molecule has 10 heteroatoms. The van der Waals surface area contributed by atoms with Crippen LogP contribution in [-0.4, -0.2) is 38.0 Å². The van der Waals surface area contributed by atoms with Crippen LogP contribution in [-0.2, 0) is 14.3 Å². The van der Waals surface area contributed by atoms with Gasteiger partial charge in [-0.3, -0.25) is 9.59 Å². The molecule has 1 heterocycles. The molecule has 0 radical (unpaired) electrons. The Morgan fingerprint density at radius 1 is 1.17 bits per heavy atom. The second kappa shape index (κ2) is 12.2. The molecule has 0 fully saturated rings. The molecule has 1 amide bonds. The first-order chi connectivity index (χ1) is 16.8. The zero-order valence-electron chi connectivity index (χ0n) is 19.4. The van der Waals surface area contributed by atoms with Crippen molar-refractivity contribution in [3.63, 3.8) is 0 Å². The van der Waals surface area contributed by atoms with Gasteiger partial charge in [-0.15, -0.1) is 11.8 Å². The number of hydrogen-bond donors (Lipinski definition) is 1. The van der Waals surface area contributed by atoms with E-state index in [0.717, 1.165) is 11.3 Å². The van der Waals surface area contributed by atoms with Gasteiger partial charge in [-0.2, -0.15) is 5.26 Å². The van der Waals surface area contributed by atoms with Gasteiger partial charge in [0, 0.05) is 11.7 Å². The summed E-state index contributed by atoms with van der Waals surface area (Å²) in [5, 5.41) is 13.5. The molecule has 1 N–H and O–H groups in total. The molecule has 0 aliphatic carbocycles.